The highest BCUT2D eigenvalue weighted by atomic mass is 19.1. The number of carbonyl (C=O) groups excluding carboxylic acids is 2. The van der Waals surface area contributed by atoms with Crippen molar-refractivity contribution in [3.8, 4) is 5.75 Å². The molecule has 2 amide bonds. The highest BCUT2D eigenvalue weighted by Crippen LogP contribution is 2.23. The number of aromatic nitrogens is 2. The average molecular weight is 502 g/mol. The number of oxime groups is 1. The highest BCUT2D eigenvalue weighted by Gasteiger charge is 2.35. The Morgan fingerprint density at radius 2 is 1.97 bits per heavy atom. The van der Waals surface area contributed by atoms with Crippen LogP contribution in [0.1, 0.15) is 40.9 Å². The Kier molecular flexibility index (Phi) is 8.06. The number of nitrogens with zero attached hydrogens (tertiary/aromatic N) is 3. The number of hydrogen-bond donors (Lipinski definition) is 2. The van der Waals surface area contributed by atoms with Crippen LogP contribution < -0.4 is 15.4 Å². The average Bonchev–Trinajstić information content (AvgIpc) is 3.37. The predicted molar refractivity (Wildman–Crippen MR) is 125 cm³/mol. The molecule has 0 saturated carbocycles. The van der Waals surface area contributed by atoms with Gasteiger partial charge in [0.1, 0.15) is 23.3 Å². The lowest BCUT2D eigenvalue weighted by Gasteiger charge is -2.31. The summed E-state index contributed by atoms with van der Waals surface area (Å²) in [6.45, 7) is 4.33. The summed E-state index contributed by atoms with van der Waals surface area (Å²) >= 11 is 0. The standard InChI is InChI=1S/C24H28FN5O6/c1-13-28-18(7-20(29-13)24(32)27-9-15-4-5-17(25)21(6-15)33-3)19-8-22(36-30-19)23-12-34-16(11-35-23)10-26-14(2)31/h4-7,16,22-23H,8-12H2,1-3H3,(H,26,31)(H,27,32)/t16-,22+,23-/m1/s1. The van der Waals surface area contributed by atoms with Crippen LogP contribution in [0.5, 0.6) is 5.75 Å². The van der Waals surface area contributed by atoms with Gasteiger partial charge < -0.3 is 29.7 Å². The van der Waals surface area contributed by atoms with Gasteiger partial charge in [-0.15, -0.1) is 0 Å². The van der Waals surface area contributed by atoms with E-state index >= 15 is 0 Å². The highest BCUT2D eigenvalue weighted by molar-refractivity contribution is 6.02. The summed E-state index contributed by atoms with van der Waals surface area (Å²) in [5, 5.41) is 9.64. The van der Waals surface area contributed by atoms with E-state index in [9.17, 15) is 14.0 Å². The van der Waals surface area contributed by atoms with E-state index in [0.29, 0.717) is 49.0 Å². The molecule has 2 N–H and O–H groups in total. The zero-order chi connectivity index (χ0) is 25.7. The number of halogens is 1. The quantitative estimate of drug-likeness (QED) is 0.553. The number of rotatable bonds is 8. The van der Waals surface area contributed by atoms with Gasteiger partial charge in [-0.05, 0) is 30.7 Å². The summed E-state index contributed by atoms with van der Waals surface area (Å²) < 4.78 is 30.2. The summed E-state index contributed by atoms with van der Waals surface area (Å²) in [6, 6.07) is 5.93. The van der Waals surface area contributed by atoms with Crippen LogP contribution in [0, 0.1) is 12.7 Å². The molecule has 2 aliphatic heterocycles. The molecule has 0 unspecified atom stereocenters. The monoisotopic (exact) mass is 501 g/mol. The first-order valence-corrected chi connectivity index (χ1v) is 11.5. The summed E-state index contributed by atoms with van der Waals surface area (Å²) in [4.78, 5) is 38.0. The molecule has 1 aromatic carbocycles. The molecule has 1 aromatic heterocycles. The van der Waals surface area contributed by atoms with Gasteiger partial charge in [0.2, 0.25) is 5.91 Å². The second-order valence-electron chi connectivity index (χ2n) is 8.49. The van der Waals surface area contributed by atoms with Gasteiger partial charge in [0.25, 0.3) is 5.91 Å². The molecule has 2 aromatic rings. The second kappa shape index (κ2) is 11.4. The van der Waals surface area contributed by atoms with E-state index in [4.69, 9.17) is 19.0 Å². The number of amides is 2. The van der Waals surface area contributed by atoms with Crippen molar-refractivity contribution in [3.05, 3.63) is 52.9 Å². The zero-order valence-corrected chi connectivity index (χ0v) is 20.2. The van der Waals surface area contributed by atoms with Crippen LogP contribution in [0.3, 0.4) is 0 Å². The Morgan fingerprint density at radius 3 is 2.69 bits per heavy atom. The SMILES string of the molecule is COc1cc(CNC(=O)c2cc(C3=NO[C@H]([C@H]4CO[C@H](CNC(C)=O)CO4)C3)nc(C)n2)ccc1F. The van der Waals surface area contributed by atoms with Crippen LogP contribution in [0.4, 0.5) is 4.39 Å². The number of methoxy groups -OCH3 is 1. The third-order valence-corrected chi connectivity index (χ3v) is 5.71. The van der Waals surface area contributed by atoms with Crippen molar-refractivity contribution in [1.29, 1.82) is 0 Å². The first kappa shape index (κ1) is 25.5. The second-order valence-corrected chi connectivity index (χ2v) is 8.49. The normalized spacial score (nSPS) is 21.3. The maximum atomic E-state index is 13.6. The third-order valence-electron chi connectivity index (χ3n) is 5.71. The Morgan fingerprint density at radius 1 is 1.14 bits per heavy atom. The van der Waals surface area contributed by atoms with E-state index in [0.717, 1.165) is 0 Å². The molecule has 11 nitrogen and oxygen atoms in total. The summed E-state index contributed by atoms with van der Waals surface area (Å²) in [5.74, 6) is -0.495. The molecule has 0 spiro atoms. The van der Waals surface area contributed by atoms with Gasteiger partial charge in [-0.1, -0.05) is 11.2 Å². The van der Waals surface area contributed by atoms with Gasteiger partial charge in [0.15, 0.2) is 17.7 Å². The number of aryl methyl sites for hydroxylation is 1. The number of hydrogen-bond acceptors (Lipinski definition) is 9. The van der Waals surface area contributed by atoms with Crippen LogP contribution in [0.25, 0.3) is 0 Å². The minimum absolute atomic E-state index is 0.103. The lowest BCUT2D eigenvalue weighted by atomic mass is 10.0. The summed E-state index contributed by atoms with van der Waals surface area (Å²) in [6.07, 6.45) is -0.466. The van der Waals surface area contributed by atoms with Crippen molar-refractivity contribution in [3.63, 3.8) is 0 Å². The van der Waals surface area contributed by atoms with Crippen LogP contribution in [0.15, 0.2) is 29.4 Å². The summed E-state index contributed by atoms with van der Waals surface area (Å²) in [7, 11) is 1.38. The molecular formula is C24H28FN5O6. The molecule has 3 heterocycles. The van der Waals surface area contributed by atoms with Crippen molar-refractivity contribution in [2.45, 2.75) is 45.1 Å². The summed E-state index contributed by atoms with van der Waals surface area (Å²) in [5.41, 5.74) is 1.92. The Labute approximate surface area is 207 Å². The molecule has 0 aliphatic carbocycles. The zero-order valence-electron chi connectivity index (χ0n) is 20.2. The van der Waals surface area contributed by atoms with E-state index in [2.05, 4.69) is 25.8 Å². The van der Waals surface area contributed by atoms with Crippen LogP contribution in [-0.2, 0) is 25.7 Å². The molecule has 36 heavy (non-hydrogen) atoms. The van der Waals surface area contributed by atoms with E-state index in [1.165, 1.54) is 26.2 Å². The first-order valence-electron chi connectivity index (χ1n) is 11.5. The smallest absolute Gasteiger partial charge is 0.270 e. The lowest BCUT2D eigenvalue weighted by Crippen LogP contribution is -2.46. The molecule has 1 saturated heterocycles. The fourth-order valence-electron chi connectivity index (χ4n) is 3.81. The molecule has 192 valence electrons. The topological polar surface area (TPSA) is 133 Å². The maximum Gasteiger partial charge on any atom is 0.270 e. The molecule has 12 heteroatoms. The molecule has 3 atom stereocenters. The van der Waals surface area contributed by atoms with E-state index in [-0.39, 0.29) is 42.2 Å². The minimum Gasteiger partial charge on any atom is -0.494 e. The van der Waals surface area contributed by atoms with Crippen molar-refractivity contribution in [2.75, 3.05) is 26.9 Å². The lowest BCUT2D eigenvalue weighted by molar-refractivity contribution is -0.170. The van der Waals surface area contributed by atoms with Crippen molar-refractivity contribution in [2.24, 2.45) is 5.16 Å². The van der Waals surface area contributed by atoms with Crippen molar-refractivity contribution < 1.29 is 33.0 Å². The molecule has 2 aliphatic rings. The van der Waals surface area contributed by atoms with Crippen molar-refractivity contribution >= 4 is 17.5 Å². The molecule has 0 bridgehead atoms. The number of ether oxygens (including phenoxy) is 3. The molecule has 1 fully saturated rings. The van der Waals surface area contributed by atoms with Gasteiger partial charge in [-0.25, -0.2) is 14.4 Å². The fourth-order valence-corrected chi connectivity index (χ4v) is 3.81. The Bertz CT molecular complexity index is 1150. The maximum absolute atomic E-state index is 13.6. The molecule has 0 radical (unpaired) electrons. The van der Waals surface area contributed by atoms with Gasteiger partial charge in [-0.2, -0.15) is 0 Å². The van der Waals surface area contributed by atoms with Crippen LogP contribution in [-0.4, -0.2) is 72.7 Å². The van der Waals surface area contributed by atoms with Crippen LogP contribution in [0.2, 0.25) is 0 Å². The minimum atomic E-state index is -0.475. The largest absolute Gasteiger partial charge is 0.494 e. The van der Waals surface area contributed by atoms with Gasteiger partial charge in [0.05, 0.1) is 32.1 Å². The number of carbonyl (C=O) groups is 2. The van der Waals surface area contributed by atoms with Crippen molar-refractivity contribution in [1.82, 2.24) is 20.6 Å². The molecular weight excluding hydrogens is 473 g/mol. The predicted octanol–water partition coefficient (Wildman–Crippen LogP) is 1.28. The van der Waals surface area contributed by atoms with Gasteiger partial charge in [-0.3, -0.25) is 9.59 Å². The fraction of sp³-hybridized carbons (Fsp3) is 0.458. The van der Waals surface area contributed by atoms with E-state index in [1.54, 1.807) is 19.1 Å². The van der Waals surface area contributed by atoms with Gasteiger partial charge >= 0.3 is 0 Å². The third kappa shape index (κ3) is 6.32. The Balaban J connectivity index is 1.34. The van der Waals surface area contributed by atoms with E-state index in [1.807, 2.05) is 0 Å². The number of benzene rings is 1. The van der Waals surface area contributed by atoms with E-state index < -0.39 is 11.7 Å². The molecule has 4 rings (SSSR count). The van der Waals surface area contributed by atoms with Crippen LogP contribution >= 0.6 is 0 Å². The first-order chi connectivity index (χ1) is 17.3. The Hall–Kier alpha value is -3.64. The van der Waals surface area contributed by atoms with Gasteiger partial charge in [0, 0.05) is 26.4 Å². The number of nitrogens with one attached hydrogen (secondary N) is 2.